The number of rotatable bonds is 3. The monoisotopic (exact) mass is 247 g/mol. The molecule has 2 rings (SSSR count). The normalized spacial score (nSPS) is 24.3. The van der Waals surface area contributed by atoms with Gasteiger partial charge in [-0.1, -0.05) is 19.8 Å². The van der Waals surface area contributed by atoms with E-state index in [-0.39, 0.29) is 0 Å². The van der Waals surface area contributed by atoms with E-state index in [9.17, 15) is 4.79 Å². The lowest BCUT2D eigenvalue weighted by atomic mass is 10.0. The molecule has 0 aliphatic heterocycles. The molecule has 1 saturated carbocycles. The topological polar surface area (TPSA) is 68.0 Å². The summed E-state index contributed by atoms with van der Waals surface area (Å²) in [6.45, 7) is 2.32. The van der Waals surface area contributed by atoms with Crippen LogP contribution in [0.25, 0.3) is 0 Å². The number of anilines is 1. The van der Waals surface area contributed by atoms with Gasteiger partial charge in [-0.25, -0.2) is 4.98 Å². The first-order valence-corrected chi connectivity index (χ1v) is 6.67. The van der Waals surface area contributed by atoms with Crippen LogP contribution in [0.3, 0.4) is 0 Å². The van der Waals surface area contributed by atoms with Crippen LogP contribution in [-0.2, 0) is 0 Å². The minimum Gasteiger partial charge on any atom is -0.367 e. The fourth-order valence-corrected chi connectivity index (χ4v) is 2.47. The van der Waals surface area contributed by atoms with Crippen LogP contribution in [0.4, 0.5) is 5.82 Å². The smallest absolute Gasteiger partial charge is 0.250 e. The molecule has 1 aromatic rings. The van der Waals surface area contributed by atoms with Crippen molar-refractivity contribution in [3.05, 3.63) is 23.9 Å². The van der Waals surface area contributed by atoms with Gasteiger partial charge in [0, 0.05) is 12.2 Å². The largest absolute Gasteiger partial charge is 0.367 e. The van der Waals surface area contributed by atoms with Crippen LogP contribution >= 0.6 is 0 Å². The van der Waals surface area contributed by atoms with E-state index in [1.165, 1.54) is 38.3 Å². The molecule has 1 heterocycles. The van der Waals surface area contributed by atoms with Gasteiger partial charge in [0.05, 0.1) is 5.56 Å². The van der Waals surface area contributed by atoms with Gasteiger partial charge in [-0.2, -0.15) is 0 Å². The molecular weight excluding hydrogens is 226 g/mol. The predicted octanol–water partition coefficient (Wildman–Crippen LogP) is 2.56. The summed E-state index contributed by atoms with van der Waals surface area (Å²) in [5, 5.41) is 3.44. The highest BCUT2D eigenvalue weighted by molar-refractivity contribution is 5.92. The Labute approximate surface area is 108 Å². The number of nitrogens with zero attached hydrogens (tertiary/aromatic N) is 1. The van der Waals surface area contributed by atoms with Crippen molar-refractivity contribution in [2.45, 2.75) is 45.1 Å². The van der Waals surface area contributed by atoms with Gasteiger partial charge in [-0.3, -0.25) is 4.79 Å². The molecule has 1 amide bonds. The highest BCUT2D eigenvalue weighted by Gasteiger charge is 2.16. The number of carbonyl (C=O) groups excluding carboxylic acids is 1. The second-order valence-corrected chi connectivity index (χ2v) is 5.25. The van der Waals surface area contributed by atoms with Crippen molar-refractivity contribution < 1.29 is 4.79 Å². The Morgan fingerprint density at radius 2 is 2.17 bits per heavy atom. The molecule has 0 bridgehead atoms. The van der Waals surface area contributed by atoms with Gasteiger partial charge in [0.15, 0.2) is 0 Å². The average molecular weight is 247 g/mol. The second kappa shape index (κ2) is 5.85. The van der Waals surface area contributed by atoms with Gasteiger partial charge < -0.3 is 11.1 Å². The Hall–Kier alpha value is -1.58. The molecule has 1 fully saturated rings. The van der Waals surface area contributed by atoms with Crippen LogP contribution in [0.1, 0.15) is 49.4 Å². The number of pyridine rings is 1. The number of hydrogen-bond donors (Lipinski definition) is 2. The SMILES string of the molecule is CC1CCCC(Nc2ccc(C(N)=O)cn2)CC1. The van der Waals surface area contributed by atoms with Crippen LogP contribution in [0.5, 0.6) is 0 Å². The molecule has 18 heavy (non-hydrogen) atoms. The van der Waals surface area contributed by atoms with E-state index < -0.39 is 5.91 Å². The number of nitrogens with two attached hydrogens (primary N) is 1. The number of nitrogens with one attached hydrogen (secondary N) is 1. The minimum absolute atomic E-state index is 0.433. The van der Waals surface area contributed by atoms with Gasteiger partial charge >= 0.3 is 0 Å². The highest BCUT2D eigenvalue weighted by Crippen LogP contribution is 2.24. The predicted molar refractivity (Wildman–Crippen MR) is 72.4 cm³/mol. The number of hydrogen-bond acceptors (Lipinski definition) is 3. The van der Waals surface area contributed by atoms with Crippen molar-refractivity contribution in [3.8, 4) is 0 Å². The summed E-state index contributed by atoms with van der Waals surface area (Å²) in [5.74, 6) is 1.24. The molecule has 0 aromatic carbocycles. The van der Waals surface area contributed by atoms with Crippen molar-refractivity contribution in [2.24, 2.45) is 11.7 Å². The molecule has 1 aliphatic carbocycles. The van der Waals surface area contributed by atoms with Crippen LogP contribution < -0.4 is 11.1 Å². The molecule has 2 atom stereocenters. The summed E-state index contributed by atoms with van der Waals surface area (Å²) >= 11 is 0. The van der Waals surface area contributed by atoms with E-state index in [2.05, 4.69) is 17.2 Å². The van der Waals surface area contributed by atoms with Gasteiger partial charge in [-0.05, 0) is 37.3 Å². The molecule has 3 N–H and O–H groups in total. The van der Waals surface area contributed by atoms with Crippen LogP contribution in [0, 0.1) is 5.92 Å². The van der Waals surface area contributed by atoms with Gasteiger partial charge in [0.2, 0.25) is 5.91 Å². The highest BCUT2D eigenvalue weighted by atomic mass is 16.1. The van der Waals surface area contributed by atoms with Crippen molar-refractivity contribution in [2.75, 3.05) is 5.32 Å². The molecule has 0 spiro atoms. The summed E-state index contributed by atoms with van der Waals surface area (Å²) in [5.41, 5.74) is 5.64. The van der Waals surface area contributed by atoms with Crippen LogP contribution in [0.15, 0.2) is 18.3 Å². The van der Waals surface area contributed by atoms with Gasteiger partial charge in [0.25, 0.3) is 0 Å². The fraction of sp³-hybridized carbons (Fsp3) is 0.571. The first kappa shape index (κ1) is 12.9. The summed E-state index contributed by atoms with van der Waals surface area (Å²) in [4.78, 5) is 15.2. The zero-order valence-corrected chi connectivity index (χ0v) is 10.9. The van der Waals surface area contributed by atoms with E-state index in [0.29, 0.717) is 11.6 Å². The quantitative estimate of drug-likeness (QED) is 0.807. The zero-order valence-electron chi connectivity index (χ0n) is 10.9. The summed E-state index contributed by atoms with van der Waals surface area (Å²) < 4.78 is 0. The molecule has 1 aromatic heterocycles. The van der Waals surface area contributed by atoms with Crippen LogP contribution in [0.2, 0.25) is 0 Å². The second-order valence-electron chi connectivity index (χ2n) is 5.25. The molecule has 1 aliphatic rings. The van der Waals surface area contributed by atoms with Gasteiger partial charge in [0.1, 0.15) is 5.82 Å². The molecule has 4 heteroatoms. The Kier molecular flexibility index (Phi) is 4.18. The summed E-state index contributed by atoms with van der Waals surface area (Å²) in [7, 11) is 0. The molecule has 0 saturated heterocycles. The maximum absolute atomic E-state index is 10.9. The van der Waals surface area contributed by atoms with E-state index in [1.807, 2.05) is 6.07 Å². The lowest BCUT2D eigenvalue weighted by Crippen LogP contribution is -2.19. The third-order valence-electron chi connectivity index (χ3n) is 3.66. The Morgan fingerprint density at radius 3 is 2.83 bits per heavy atom. The van der Waals surface area contributed by atoms with Crippen LogP contribution in [-0.4, -0.2) is 16.9 Å². The van der Waals surface area contributed by atoms with Crippen molar-refractivity contribution >= 4 is 11.7 Å². The standard InChI is InChI=1S/C14H21N3O/c1-10-3-2-4-12(7-5-10)17-13-8-6-11(9-16-13)14(15)18/h6,8-10,12H,2-5,7H2,1H3,(H2,15,18)(H,16,17). The molecule has 0 radical (unpaired) electrons. The Balaban J connectivity index is 1.94. The third-order valence-corrected chi connectivity index (χ3v) is 3.66. The van der Waals surface area contributed by atoms with E-state index in [0.717, 1.165) is 11.7 Å². The fourth-order valence-electron chi connectivity index (χ4n) is 2.47. The average Bonchev–Trinajstić information content (AvgIpc) is 2.55. The Bertz CT molecular complexity index is 402. The number of carbonyl (C=O) groups is 1. The first-order valence-electron chi connectivity index (χ1n) is 6.67. The lowest BCUT2D eigenvalue weighted by Gasteiger charge is -2.17. The zero-order chi connectivity index (χ0) is 13.0. The number of amides is 1. The molecule has 98 valence electrons. The molecule has 4 nitrogen and oxygen atoms in total. The minimum atomic E-state index is -0.433. The summed E-state index contributed by atoms with van der Waals surface area (Å²) in [6.07, 6.45) is 7.80. The van der Waals surface area contributed by atoms with Crippen molar-refractivity contribution in [1.29, 1.82) is 0 Å². The van der Waals surface area contributed by atoms with Gasteiger partial charge in [-0.15, -0.1) is 0 Å². The third kappa shape index (κ3) is 3.45. The molecule has 2 unspecified atom stereocenters. The maximum Gasteiger partial charge on any atom is 0.250 e. The van der Waals surface area contributed by atoms with Crippen molar-refractivity contribution in [1.82, 2.24) is 4.98 Å². The number of primary amides is 1. The van der Waals surface area contributed by atoms with Crippen molar-refractivity contribution in [3.63, 3.8) is 0 Å². The van der Waals surface area contributed by atoms with E-state index >= 15 is 0 Å². The van der Waals surface area contributed by atoms with E-state index in [1.54, 1.807) is 6.07 Å². The lowest BCUT2D eigenvalue weighted by molar-refractivity contribution is 0.1000. The first-order chi connectivity index (χ1) is 8.65. The maximum atomic E-state index is 10.9. The molecular formula is C14H21N3O. The van der Waals surface area contributed by atoms with E-state index in [4.69, 9.17) is 5.73 Å². The number of aromatic nitrogens is 1. The Morgan fingerprint density at radius 1 is 1.33 bits per heavy atom. The summed E-state index contributed by atoms with van der Waals surface area (Å²) in [6, 6.07) is 4.05.